The van der Waals surface area contributed by atoms with E-state index in [2.05, 4.69) is 208 Å². The Labute approximate surface area is 788 Å². The first-order valence-corrected chi connectivity index (χ1v) is 44.0. The van der Waals surface area contributed by atoms with Crippen molar-refractivity contribution in [2.75, 3.05) is 19.6 Å². The van der Waals surface area contributed by atoms with Crippen LogP contribution in [0.5, 0.6) is 0 Å². The fraction of sp³-hybridized carbons (Fsp3) is 0. The van der Waals surface area contributed by atoms with Crippen LogP contribution in [-0.4, -0.2) is 24.7 Å². The second-order valence-corrected chi connectivity index (χ2v) is 34.0. The molecule has 3 aromatic heterocycles. The smallest absolute Gasteiger partial charge is 0.293 e. The fourth-order valence-electron chi connectivity index (χ4n) is 20.8. The van der Waals surface area contributed by atoms with Crippen LogP contribution in [-0.2, 0) is 0 Å². The van der Waals surface area contributed by atoms with Crippen LogP contribution in [0.25, 0.3) is 116 Å². The number of anilines is 12. The lowest BCUT2D eigenvalue weighted by Crippen LogP contribution is -2.56. The van der Waals surface area contributed by atoms with Crippen LogP contribution in [0.15, 0.2) is 477 Å². The predicted molar refractivity (Wildman–Crippen MR) is 552 cm³/mol. The highest BCUT2D eigenvalue weighted by atomic mass is 32.1. The number of hydrogen-bond donors (Lipinski definition) is 0. The van der Waals surface area contributed by atoms with Gasteiger partial charge in [0.2, 0.25) is 0 Å². The Bertz CT molecular complexity index is 9360. The monoisotopic (exact) mass is 1690 g/mol. The summed E-state index contributed by atoms with van der Waals surface area (Å²) in [4.78, 5) is 7.70. The van der Waals surface area contributed by atoms with E-state index in [-0.39, 0.29) is 96.8 Å². The lowest BCUT2D eigenvalue weighted by molar-refractivity contribution is 0.653. The minimum Gasteiger partial charge on any atom is -0.470 e. The number of thiophene rings is 1. The molecule has 6 aliphatic heterocycles. The summed E-state index contributed by atoms with van der Waals surface area (Å²) in [5, 5.41) is 3.09. The maximum atomic E-state index is 9.03. The average molecular weight is 1690 g/mol. The lowest BCUT2D eigenvalue weighted by atomic mass is 9.38. The molecule has 0 unspecified atom stereocenters. The number of benzene rings is 19. The Morgan fingerprint density at radius 3 is 1.28 bits per heavy atom. The van der Waals surface area contributed by atoms with E-state index >= 15 is 0 Å². The van der Waals surface area contributed by atoms with Crippen molar-refractivity contribution in [1.82, 2.24) is 4.57 Å². The highest BCUT2D eigenvalue weighted by Crippen LogP contribution is 2.51. The van der Waals surface area contributed by atoms with Crippen LogP contribution < -0.4 is 68.4 Å². The van der Waals surface area contributed by atoms with E-state index in [9.17, 15) is 0 Å². The highest BCUT2D eigenvalue weighted by Gasteiger charge is 2.50. The molecule has 6 nitrogen and oxygen atoms in total. The van der Waals surface area contributed by atoms with Crippen LogP contribution in [0.4, 0.5) is 68.2 Å². The van der Waals surface area contributed by atoms with Crippen molar-refractivity contribution in [3.8, 4) is 83.6 Å². The molecule has 0 amide bonds. The molecule has 130 heavy (non-hydrogen) atoms. The molecule has 22 aromatic rings. The van der Waals surface area contributed by atoms with Crippen molar-refractivity contribution in [2.45, 2.75) is 0 Å². The second-order valence-electron chi connectivity index (χ2n) is 32.9. The van der Waals surface area contributed by atoms with Gasteiger partial charge in [-0.15, -0.1) is 11.3 Å². The third-order valence-electron chi connectivity index (χ3n) is 26.0. The van der Waals surface area contributed by atoms with Gasteiger partial charge in [0.05, 0.1) is 38.6 Å². The molecule has 0 N–H and O–H groups in total. The molecular formula is C120H78B3N5OS. The molecule has 10 heteroatoms. The Kier molecular flexibility index (Phi) is 13.5. The Morgan fingerprint density at radius 1 is 0.269 bits per heavy atom. The molecule has 19 aromatic carbocycles. The largest absolute Gasteiger partial charge is 0.470 e. The quantitative estimate of drug-likeness (QED) is 0.120. The van der Waals surface area contributed by atoms with Crippen LogP contribution in [0.1, 0.15) is 27.4 Å². The first-order valence-electron chi connectivity index (χ1n) is 53.2. The van der Waals surface area contributed by atoms with E-state index < -0.39 is 72.5 Å². The molecule has 0 radical (unpaired) electrons. The standard InChI is InChI=1S/C44H29BN2S.C38H25BN2.C38H24BNO/c1-5-14-30(15-6-1)31-24-27-38-40(28-31)47(34-20-11-4-12-21-34)39-23-13-22-37-42-36-26-25-35(29-41(36)48-44(42)45(38)43(37)39)46(32-16-7-2-8-17-32)33-18-9-3-10-19-33;1-4-13-26(14-5-1)27-23-24-32-35(25-27)40(28-15-6-2-7-16-28)34-22-12-20-31-36-30-19-10-11-21-33(30)41(29-17-8-3-9-18-29)38(36)39(32)37(31)34;1-4-12-25(13-5-1)27-20-21-32-33(23-27)40(29-16-8-3-9-17-29)34-24-28(26-14-6-2-7-15-26)22-31-36-30-18-10-11-19-35(30)41-38(36)39(32)37(31)34/h1-29H;1-25H;1-24H/i2D,3D,7D,8D,9D,10D,16D,17D,18D,19D;2D,6D,7D,15D,16D;2D,6D,7D,14D,15D. The van der Waals surface area contributed by atoms with Crippen molar-refractivity contribution in [2.24, 2.45) is 0 Å². The number of furan rings is 1. The van der Waals surface area contributed by atoms with Crippen molar-refractivity contribution in [1.29, 1.82) is 0 Å². The van der Waals surface area contributed by atoms with Crippen LogP contribution in [0.3, 0.4) is 0 Å². The molecule has 9 heterocycles. The van der Waals surface area contributed by atoms with Gasteiger partial charge < -0.3 is 28.6 Å². The van der Waals surface area contributed by atoms with Gasteiger partial charge in [-0.1, -0.05) is 333 Å². The minimum absolute atomic E-state index is 0.0972. The van der Waals surface area contributed by atoms with Crippen molar-refractivity contribution < 1.29 is 31.8 Å². The molecule has 6 aliphatic rings. The SMILES string of the molecule is [2H]c1c([2H])c([2H])c(-c2cc3c4c(c2)N(c2ccccc2)c2cc(-c5ccccc5)ccc2B4c2oc4ccccc4c2-3)c([2H])c1[2H].[2H]c1c([2H])c([2H])c(N(c2ccc3c4c(sc3c2)B2c3ccc(-c5ccccc5)cc3N(c3ccccc3)c3cccc-4c32)c2c([2H])c([2H])c([2H])c([2H])c2[2H])c([2H])c1[2H].[2H]c1c([2H])c([2H])c(N2c3cc(-c4ccccc4)ccc3B3c4c(cccc42)-c2c3n(-c3ccccc3)c3ccccc23)c([2H])c1[2H]. The Morgan fingerprint density at radius 2 is 0.715 bits per heavy atom. The molecule has 0 aliphatic carbocycles. The molecular weight excluding hydrogens is 1590 g/mol. The first-order chi connectivity index (χ1) is 72.8. The first kappa shape index (κ1) is 57.3. The summed E-state index contributed by atoms with van der Waals surface area (Å²) in [6.07, 6.45) is 0. The van der Waals surface area contributed by atoms with E-state index in [4.69, 9.17) is 31.8 Å². The maximum Gasteiger partial charge on any atom is 0.293 e. The number of aromatic nitrogens is 1. The summed E-state index contributed by atoms with van der Waals surface area (Å²) in [5.74, 6) is 0. The zero-order valence-corrected chi connectivity index (χ0v) is 70.1. The molecule has 604 valence electrons. The number of rotatable bonds is 11. The zero-order valence-electron chi connectivity index (χ0n) is 89.3. The maximum absolute atomic E-state index is 9.03. The Balaban J connectivity index is 0.000000115. The van der Waals surface area contributed by atoms with E-state index in [1.165, 1.54) is 21.5 Å². The van der Waals surface area contributed by atoms with Gasteiger partial charge in [0.1, 0.15) is 5.58 Å². The van der Waals surface area contributed by atoms with E-state index in [1.54, 1.807) is 17.4 Å². The van der Waals surface area contributed by atoms with Gasteiger partial charge in [0.25, 0.3) is 20.1 Å². The van der Waals surface area contributed by atoms with Gasteiger partial charge in [-0.05, 0) is 249 Å². The molecule has 0 spiro atoms. The number of fused-ring (bicyclic) bond motifs is 21. The fourth-order valence-corrected chi connectivity index (χ4v) is 22.2. The van der Waals surface area contributed by atoms with Crippen molar-refractivity contribution in [3.63, 3.8) is 0 Å². The minimum atomic E-state index is -0.604. The summed E-state index contributed by atoms with van der Waals surface area (Å²) in [7, 11) is 0. The lowest BCUT2D eigenvalue weighted by Gasteiger charge is -2.36. The molecule has 0 atom stereocenters. The number of hydrogen-bond acceptors (Lipinski definition) is 6. The zero-order chi connectivity index (χ0) is 103. The van der Waals surface area contributed by atoms with Crippen LogP contribution in [0, 0.1) is 0 Å². The third-order valence-corrected chi connectivity index (χ3v) is 27.3. The van der Waals surface area contributed by atoms with Gasteiger partial charge in [-0.2, -0.15) is 0 Å². The number of nitrogens with zero attached hydrogens (tertiary/aromatic N) is 5. The predicted octanol–water partition coefficient (Wildman–Crippen LogP) is 25.9. The molecule has 0 bridgehead atoms. The van der Waals surface area contributed by atoms with Gasteiger partial charge in [0, 0.05) is 106 Å². The highest BCUT2D eigenvalue weighted by molar-refractivity contribution is 7.34. The van der Waals surface area contributed by atoms with Crippen LogP contribution >= 0.6 is 11.3 Å². The molecule has 28 rings (SSSR count). The summed E-state index contributed by atoms with van der Waals surface area (Å²) in [5.41, 5.74) is 32.7. The number of para-hydroxylation sites is 8. The second kappa shape index (κ2) is 30.7. The Hall–Kier alpha value is -16.4. The van der Waals surface area contributed by atoms with Gasteiger partial charge in [-0.25, -0.2) is 0 Å². The van der Waals surface area contributed by atoms with Gasteiger partial charge in [0.15, 0.2) is 0 Å². The van der Waals surface area contributed by atoms with E-state index in [0.29, 0.717) is 5.56 Å². The van der Waals surface area contributed by atoms with Crippen LogP contribution in [0.2, 0.25) is 0 Å². The van der Waals surface area contributed by atoms with Gasteiger partial charge in [-0.3, -0.25) is 0 Å². The summed E-state index contributed by atoms with van der Waals surface area (Å²) < 4.78 is 183. The summed E-state index contributed by atoms with van der Waals surface area (Å²) in [6.45, 7) is -0.420. The van der Waals surface area contributed by atoms with Gasteiger partial charge >= 0.3 is 0 Å². The normalized spacial score (nSPS) is 14.8. The topological polar surface area (TPSA) is 31.0 Å². The summed E-state index contributed by atoms with van der Waals surface area (Å²) in [6, 6.07) is 111. The molecule has 0 fully saturated rings. The summed E-state index contributed by atoms with van der Waals surface area (Å²) >= 11 is 1.59. The molecule has 0 saturated heterocycles. The van der Waals surface area contributed by atoms with Crippen molar-refractivity contribution in [3.05, 3.63) is 473 Å². The third kappa shape index (κ3) is 12.0. The van der Waals surface area contributed by atoms with Crippen molar-refractivity contribution >= 4 is 180 Å². The van der Waals surface area contributed by atoms with E-state index in [0.717, 1.165) is 182 Å². The molecule has 0 saturated carbocycles. The average Bonchev–Trinajstić information content (AvgIpc) is 1.58. The van der Waals surface area contributed by atoms with E-state index in [1.807, 2.05) is 157 Å².